The van der Waals surface area contributed by atoms with Crippen molar-refractivity contribution in [1.29, 1.82) is 0 Å². The predicted molar refractivity (Wildman–Crippen MR) is 108 cm³/mol. The van der Waals surface area contributed by atoms with Crippen molar-refractivity contribution in [3.63, 3.8) is 0 Å². The minimum atomic E-state index is -4.92. The molecule has 2 bridgehead atoms. The van der Waals surface area contributed by atoms with E-state index in [1.807, 2.05) is 0 Å². The zero-order valence-corrected chi connectivity index (χ0v) is 17.8. The fourth-order valence-electron chi connectivity index (χ4n) is 4.06. The number of anilines is 1. The highest BCUT2D eigenvalue weighted by atomic mass is 32.1. The molecule has 0 saturated carbocycles. The molecular weight excluding hydrogens is 452 g/mol. The summed E-state index contributed by atoms with van der Waals surface area (Å²) in [6, 6.07) is 2.32. The monoisotopic (exact) mass is 472 g/mol. The average Bonchev–Trinajstić information content (AvgIpc) is 3.29. The highest BCUT2D eigenvalue weighted by molar-refractivity contribution is 7.17. The molecule has 2 aromatic rings. The van der Waals surface area contributed by atoms with Gasteiger partial charge in [-0.1, -0.05) is 6.07 Å². The molecule has 2 amide bonds. The molecule has 2 atom stereocenters. The first-order valence-electron chi connectivity index (χ1n) is 9.96. The number of hydrogen-bond donors (Lipinski definition) is 2. The van der Waals surface area contributed by atoms with Crippen molar-refractivity contribution in [2.24, 2.45) is 0 Å². The highest BCUT2D eigenvalue weighted by Gasteiger charge is 2.40. The summed E-state index contributed by atoms with van der Waals surface area (Å²) < 4.78 is 65.2. The van der Waals surface area contributed by atoms with Gasteiger partial charge < -0.3 is 20.1 Å². The molecular formula is C21H20F4N2O4S. The third-order valence-electron chi connectivity index (χ3n) is 5.46. The molecule has 3 heterocycles. The van der Waals surface area contributed by atoms with Crippen LogP contribution in [0.2, 0.25) is 0 Å². The molecule has 0 spiro atoms. The topological polar surface area (TPSA) is 76.7 Å². The minimum Gasteiger partial charge on any atom is -0.383 e. The summed E-state index contributed by atoms with van der Waals surface area (Å²) in [5.74, 6) is -3.06. The number of rotatable bonds is 6. The van der Waals surface area contributed by atoms with E-state index < -0.39 is 34.9 Å². The van der Waals surface area contributed by atoms with Crippen LogP contribution in [0.15, 0.2) is 18.2 Å². The van der Waals surface area contributed by atoms with E-state index >= 15 is 0 Å². The van der Waals surface area contributed by atoms with E-state index in [9.17, 15) is 27.2 Å². The number of methoxy groups -OCH3 is 1. The van der Waals surface area contributed by atoms with Gasteiger partial charge in [0, 0.05) is 25.0 Å². The first-order valence-corrected chi connectivity index (χ1v) is 10.8. The number of fused-ring (bicyclic) bond motifs is 4. The zero-order chi connectivity index (χ0) is 23.0. The van der Waals surface area contributed by atoms with Crippen LogP contribution in [0.1, 0.15) is 55.7 Å². The van der Waals surface area contributed by atoms with Crippen LogP contribution in [0.25, 0.3) is 0 Å². The maximum Gasteiger partial charge on any atom is 0.417 e. The third kappa shape index (κ3) is 4.24. The van der Waals surface area contributed by atoms with E-state index in [4.69, 9.17) is 9.47 Å². The van der Waals surface area contributed by atoms with Gasteiger partial charge in [0.05, 0.1) is 35.5 Å². The molecule has 2 N–H and O–H groups in total. The number of carbonyl (C=O) groups is 2. The number of ether oxygens (including phenoxy) is 2. The van der Waals surface area contributed by atoms with Crippen LogP contribution in [0.4, 0.5) is 22.6 Å². The van der Waals surface area contributed by atoms with Crippen molar-refractivity contribution in [3.05, 3.63) is 51.1 Å². The fourth-order valence-corrected chi connectivity index (χ4v) is 5.36. The Kier molecular flexibility index (Phi) is 6.24. The van der Waals surface area contributed by atoms with Gasteiger partial charge in [-0.3, -0.25) is 9.59 Å². The van der Waals surface area contributed by atoms with E-state index in [0.29, 0.717) is 18.1 Å². The molecule has 1 aromatic heterocycles. The molecule has 2 aliphatic heterocycles. The zero-order valence-electron chi connectivity index (χ0n) is 17.0. The lowest BCUT2D eigenvalue weighted by molar-refractivity contribution is -0.138. The molecule has 1 saturated heterocycles. The number of halogens is 4. The highest BCUT2D eigenvalue weighted by Crippen LogP contribution is 2.49. The van der Waals surface area contributed by atoms with Crippen molar-refractivity contribution < 1.29 is 36.6 Å². The number of hydrogen-bond acceptors (Lipinski definition) is 5. The van der Waals surface area contributed by atoms with Crippen LogP contribution in [-0.4, -0.2) is 38.2 Å². The first-order chi connectivity index (χ1) is 15.2. The Morgan fingerprint density at radius 1 is 1.22 bits per heavy atom. The molecule has 172 valence electrons. The second kappa shape index (κ2) is 8.80. The Labute approximate surface area is 184 Å². The van der Waals surface area contributed by atoms with Crippen LogP contribution < -0.4 is 10.6 Å². The Morgan fingerprint density at radius 3 is 2.72 bits per heavy atom. The van der Waals surface area contributed by atoms with Gasteiger partial charge in [-0.25, -0.2) is 4.39 Å². The number of amides is 2. The van der Waals surface area contributed by atoms with E-state index in [-0.39, 0.29) is 35.9 Å². The van der Waals surface area contributed by atoms with Gasteiger partial charge in [0.2, 0.25) is 0 Å². The van der Waals surface area contributed by atoms with Crippen molar-refractivity contribution >= 4 is 28.2 Å². The Balaban J connectivity index is 1.71. The van der Waals surface area contributed by atoms with Gasteiger partial charge in [0.25, 0.3) is 11.8 Å². The fraction of sp³-hybridized carbons (Fsp3) is 0.429. The van der Waals surface area contributed by atoms with Gasteiger partial charge in [0.15, 0.2) is 0 Å². The number of nitrogens with one attached hydrogen (secondary N) is 2. The average molecular weight is 472 g/mol. The number of alkyl halides is 3. The van der Waals surface area contributed by atoms with Crippen molar-refractivity contribution in [3.8, 4) is 0 Å². The van der Waals surface area contributed by atoms with Gasteiger partial charge in [-0.2, -0.15) is 13.2 Å². The lowest BCUT2D eigenvalue weighted by Gasteiger charge is -2.21. The molecule has 1 fully saturated rings. The Hall–Kier alpha value is -2.50. The SMILES string of the molecule is COCCNC(=O)c1c(NC(=O)c2c(F)cccc2C(F)(F)F)sc2c1CC1CCC2O1. The molecule has 11 heteroatoms. The Bertz CT molecular complexity index is 1050. The number of carbonyl (C=O) groups excluding carboxylic acids is 2. The van der Waals surface area contributed by atoms with Gasteiger partial charge in [0.1, 0.15) is 10.8 Å². The van der Waals surface area contributed by atoms with Crippen molar-refractivity contribution in [2.75, 3.05) is 25.6 Å². The summed E-state index contributed by atoms with van der Waals surface area (Å²) in [5, 5.41) is 5.11. The van der Waals surface area contributed by atoms with E-state index in [2.05, 4.69) is 10.6 Å². The Morgan fingerprint density at radius 2 is 2.00 bits per heavy atom. The lowest BCUT2D eigenvalue weighted by Crippen LogP contribution is -2.30. The van der Waals surface area contributed by atoms with Gasteiger partial charge >= 0.3 is 6.18 Å². The lowest BCUT2D eigenvalue weighted by atomic mass is 10.0. The second-order valence-electron chi connectivity index (χ2n) is 7.54. The molecule has 2 aliphatic rings. The summed E-state index contributed by atoms with van der Waals surface area (Å²) in [5.41, 5.74) is -1.61. The number of benzene rings is 1. The van der Waals surface area contributed by atoms with E-state index in [1.54, 1.807) is 0 Å². The maximum atomic E-state index is 14.3. The second-order valence-corrected chi connectivity index (χ2v) is 8.59. The molecule has 2 unspecified atom stereocenters. The maximum absolute atomic E-state index is 14.3. The summed E-state index contributed by atoms with van der Waals surface area (Å²) in [7, 11) is 1.48. The molecule has 32 heavy (non-hydrogen) atoms. The van der Waals surface area contributed by atoms with Gasteiger partial charge in [-0.05, 0) is 30.5 Å². The van der Waals surface area contributed by atoms with Crippen LogP contribution in [-0.2, 0) is 22.1 Å². The molecule has 6 nitrogen and oxygen atoms in total. The predicted octanol–water partition coefficient (Wildman–Crippen LogP) is 4.31. The molecule has 0 aliphatic carbocycles. The molecule has 1 aromatic carbocycles. The van der Waals surface area contributed by atoms with Crippen molar-refractivity contribution in [1.82, 2.24) is 5.32 Å². The standard InChI is InChI=1S/C21H20F4N2O4S/c1-30-8-7-26-18(28)15-11-9-10-5-6-14(31-10)17(11)32-20(15)27-19(29)16-12(21(23,24)25)3-2-4-13(16)22/h2-4,10,14H,5-9H2,1H3,(H,26,28)(H,27,29). The van der Waals surface area contributed by atoms with Crippen LogP contribution in [0.3, 0.4) is 0 Å². The summed E-state index contributed by atoms with van der Waals surface area (Å²) in [6.07, 6.45) is -3.16. The third-order valence-corrected chi connectivity index (χ3v) is 6.70. The molecule has 0 radical (unpaired) electrons. The van der Waals surface area contributed by atoms with E-state index in [0.717, 1.165) is 41.2 Å². The first kappa shape index (κ1) is 22.7. The van der Waals surface area contributed by atoms with Crippen LogP contribution in [0.5, 0.6) is 0 Å². The smallest absolute Gasteiger partial charge is 0.383 e. The largest absolute Gasteiger partial charge is 0.417 e. The minimum absolute atomic E-state index is 0.0559. The summed E-state index contributed by atoms with van der Waals surface area (Å²) >= 11 is 1.08. The normalized spacial score (nSPS) is 19.5. The van der Waals surface area contributed by atoms with Crippen LogP contribution >= 0.6 is 11.3 Å². The quantitative estimate of drug-likeness (QED) is 0.485. The van der Waals surface area contributed by atoms with Gasteiger partial charge in [-0.15, -0.1) is 11.3 Å². The number of thiophene rings is 1. The molecule has 4 rings (SSSR count). The van der Waals surface area contributed by atoms with Crippen molar-refractivity contribution in [2.45, 2.75) is 37.6 Å². The van der Waals surface area contributed by atoms with Crippen LogP contribution in [0, 0.1) is 5.82 Å². The summed E-state index contributed by atoms with van der Waals surface area (Å²) in [6.45, 7) is 0.473. The summed E-state index contributed by atoms with van der Waals surface area (Å²) in [4.78, 5) is 26.5. The van der Waals surface area contributed by atoms with E-state index in [1.165, 1.54) is 7.11 Å².